The standard InChI is InChI=1S/C21H20ClF3N6O/c22-13-5-6-15-18(14(26)7-16(31-15)21(23,24)25)17(13)10-1-3-12(4-2-10)30-19(32)11-8-28-20(27)29-9-11/h5-10,12H,1-4H2,(H2,26,31)(H,30,32)(H2,27,28,29). The maximum absolute atomic E-state index is 13.1. The molecular formula is C21H20ClF3N6O. The Hall–Kier alpha value is -3.14. The Labute approximate surface area is 186 Å². The summed E-state index contributed by atoms with van der Waals surface area (Å²) in [5.41, 5.74) is 11.6. The third kappa shape index (κ3) is 4.40. The molecule has 0 saturated heterocycles. The first-order valence-electron chi connectivity index (χ1n) is 9.97. The number of fused-ring (bicyclic) bond motifs is 1. The Balaban J connectivity index is 1.53. The molecule has 32 heavy (non-hydrogen) atoms. The zero-order chi connectivity index (χ0) is 23.0. The predicted octanol–water partition coefficient (Wildman–Crippen LogP) is 4.32. The van der Waals surface area contributed by atoms with Crippen molar-refractivity contribution in [1.29, 1.82) is 0 Å². The second-order valence-corrected chi connectivity index (χ2v) is 8.21. The van der Waals surface area contributed by atoms with E-state index < -0.39 is 11.9 Å². The Morgan fingerprint density at radius 3 is 2.38 bits per heavy atom. The summed E-state index contributed by atoms with van der Waals surface area (Å²) in [6.45, 7) is 0. The van der Waals surface area contributed by atoms with E-state index in [1.807, 2.05) is 0 Å². The van der Waals surface area contributed by atoms with Gasteiger partial charge in [-0.3, -0.25) is 4.79 Å². The molecule has 0 spiro atoms. The molecule has 3 aromatic rings. The van der Waals surface area contributed by atoms with Crippen molar-refractivity contribution in [3.05, 3.63) is 52.4 Å². The Kier molecular flexibility index (Phi) is 5.81. The van der Waals surface area contributed by atoms with Crippen LogP contribution in [0.4, 0.5) is 24.8 Å². The summed E-state index contributed by atoms with van der Waals surface area (Å²) in [6.07, 6.45) is 0.854. The minimum atomic E-state index is -4.59. The number of hydrogen-bond donors (Lipinski definition) is 3. The molecule has 1 fully saturated rings. The lowest BCUT2D eigenvalue weighted by Crippen LogP contribution is -2.37. The number of nitrogens with two attached hydrogens (primary N) is 2. The van der Waals surface area contributed by atoms with E-state index in [1.165, 1.54) is 18.5 Å². The molecule has 1 saturated carbocycles. The van der Waals surface area contributed by atoms with Gasteiger partial charge in [-0.25, -0.2) is 15.0 Å². The van der Waals surface area contributed by atoms with Gasteiger partial charge in [0.1, 0.15) is 5.69 Å². The molecule has 1 amide bonds. The molecule has 11 heteroatoms. The lowest BCUT2D eigenvalue weighted by atomic mass is 9.80. The highest BCUT2D eigenvalue weighted by Gasteiger charge is 2.34. The first-order valence-corrected chi connectivity index (χ1v) is 10.4. The van der Waals surface area contributed by atoms with Gasteiger partial charge in [0.2, 0.25) is 5.95 Å². The lowest BCUT2D eigenvalue weighted by molar-refractivity contribution is -0.140. The molecule has 4 rings (SSSR count). The third-order valence-electron chi connectivity index (χ3n) is 5.69. The number of alkyl halides is 3. The minimum Gasteiger partial charge on any atom is -0.398 e. The first kappa shape index (κ1) is 22.1. The van der Waals surface area contributed by atoms with Crippen LogP contribution in [0.3, 0.4) is 0 Å². The van der Waals surface area contributed by atoms with Gasteiger partial charge in [0.15, 0.2) is 0 Å². The summed E-state index contributed by atoms with van der Waals surface area (Å²) in [5, 5.41) is 3.86. The van der Waals surface area contributed by atoms with E-state index in [0.717, 1.165) is 6.07 Å². The van der Waals surface area contributed by atoms with Gasteiger partial charge in [0.05, 0.1) is 11.1 Å². The van der Waals surface area contributed by atoms with Crippen LogP contribution in [-0.4, -0.2) is 26.9 Å². The van der Waals surface area contributed by atoms with Crippen LogP contribution in [0.5, 0.6) is 0 Å². The van der Waals surface area contributed by atoms with Gasteiger partial charge >= 0.3 is 6.18 Å². The smallest absolute Gasteiger partial charge is 0.398 e. The SMILES string of the molecule is Nc1ncc(C(=O)NC2CCC(c3c(Cl)ccc4nc(C(F)(F)F)cc(N)c34)CC2)cn1. The largest absolute Gasteiger partial charge is 0.433 e. The van der Waals surface area contributed by atoms with Crippen molar-refractivity contribution < 1.29 is 18.0 Å². The van der Waals surface area contributed by atoms with Gasteiger partial charge in [0, 0.05) is 34.5 Å². The summed E-state index contributed by atoms with van der Waals surface area (Å²) < 4.78 is 39.4. The Morgan fingerprint density at radius 1 is 1.09 bits per heavy atom. The molecule has 0 atom stereocenters. The number of benzene rings is 1. The van der Waals surface area contributed by atoms with Crippen LogP contribution in [0.1, 0.15) is 53.2 Å². The number of amides is 1. The molecule has 5 N–H and O–H groups in total. The van der Waals surface area contributed by atoms with Crippen molar-refractivity contribution in [1.82, 2.24) is 20.3 Å². The molecule has 7 nitrogen and oxygen atoms in total. The minimum absolute atomic E-state index is 0.00129. The summed E-state index contributed by atoms with van der Waals surface area (Å²) in [6, 6.07) is 3.80. The average Bonchev–Trinajstić information content (AvgIpc) is 2.74. The fraction of sp³-hybridized carbons (Fsp3) is 0.333. The van der Waals surface area contributed by atoms with Gasteiger partial charge in [0.25, 0.3) is 5.91 Å². The van der Waals surface area contributed by atoms with E-state index in [9.17, 15) is 18.0 Å². The lowest BCUT2D eigenvalue weighted by Gasteiger charge is -2.30. The number of carbonyl (C=O) groups excluding carboxylic acids is 1. The maximum atomic E-state index is 13.1. The number of carbonyl (C=O) groups is 1. The number of anilines is 2. The summed E-state index contributed by atoms with van der Waals surface area (Å²) in [5.74, 6) is -0.213. The number of nitrogen functional groups attached to an aromatic ring is 2. The van der Waals surface area contributed by atoms with Crippen molar-refractivity contribution >= 4 is 40.0 Å². The van der Waals surface area contributed by atoms with Crippen molar-refractivity contribution in [2.75, 3.05) is 11.5 Å². The molecule has 2 heterocycles. The van der Waals surface area contributed by atoms with Gasteiger partial charge < -0.3 is 16.8 Å². The van der Waals surface area contributed by atoms with Crippen LogP contribution in [-0.2, 0) is 6.18 Å². The summed E-state index contributed by atoms with van der Waals surface area (Å²) >= 11 is 6.45. The fourth-order valence-corrected chi connectivity index (χ4v) is 4.47. The van der Waals surface area contributed by atoms with Gasteiger partial charge in [-0.1, -0.05) is 11.6 Å². The van der Waals surface area contributed by atoms with E-state index >= 15 is 0 Å². The van der Waals surface area contributed by atoms with Crippen LogP contribution in [0.25, 0.3) is 10.9 Å². The van der Waals surface area contributed by atoms with Crippen molar-refractivity contribution in [2.45, 2.75) is 43.8 Å². The van der Waals surface area contributed by atoms with Crippen LogP contribution in [0.2, 0.25) is 5.02 Å². The number of halogens is 4. The van der Waals surface area contributed by atoms with Gasteiger partial charge in [-0.2, -0.15) is 13.2 Å². The normalized spacial score (nSPS) is 19.1. The number of hydrogen-bond acceptors (Lipinski definition) is 6. The average molecular weight is 465 g/mol. The van der Waals surface area contributed by atoms with E-state index in [4.69, 9.17) is 23.1 Å². The molecule has 1 aliphatic carbocycles. The Morgan fingerprint density at radius 2 is 1.75 bits per heavy atom. The van der Waals surface area contributed by atoms with Crippen molar-refractivity contribution in [3.63, 3.8) is 0 Å². The maximum Gasteiger partial charge on any atom is 0.433 e. The van der Waals surface area contributed by atoms with E-state index in [0.29, 0.717) is 47.2 Å². The number of nitrogens with zero attached hydrogens (tertiary/aromatic N) is 3. The highest BCUT2D eigenvalue weighted by atomic mass is 35.5. The second-order valence-electron chi connectivity index (χ2n) is 7.80. The highest BCUT2D eigenvalue weighted by molar-refractivity contribution is 6.32. The molecule has 1 aliphatic rings. The van der Waals surface area contributed by atoms with E-state index in [-0.39, 0.29) is 35.0 Å². The van der Waals surface area contributed by atoms with Crippen LogP contribution < -0.4 is 16.8 Å². The molecule has 1 aromatic carbocycles. The van der Waals surface area contributed by atoms with E-state index in [2.05, 4.69) is 20.3 Å². The molecule has 0 aliphatic heterocycles. The zero-order valence-corrected chi connectivity index (χ0v) is 17.5. The van der Waals surface area contributed by atoms with Crippen LogP contribution in [0.15, 0.2) is 30.6 Å². The van der Waals surface area contributed by atoms with Gasteiger partial charge in [-0.05, 0) is 55.4 Å². The first-order chi connectivity index (χ1) is 15.1. The number of aromatic nitrogens is 3. The number of rotatable bonds is 3. The molecule has 0 radical (unpaired) electrons. The summed E-state index contributed by atoms with van der Waals surface area (Å²) in [4.78, 5) is 23.8. The van der Waals surface area contributed by atoms with Crippen LogP contribution in [0, 0.1) is 0 Å². The topological polar surface area (TPSA) is 120 Å². The fourth-order valence-electron chi connectivity index (χ4n) is 4.16. The molecule has 0 unspecified atom stereocenters. The third-order valence-corrected chi connectivity index (χ3v) is 6.02. The number of nitrogens with one attached hydrogen (secondary N) is 1. The quantitative estimate of drug-likeness (QED) is 0.531. The highest BCUT2D eigenvalue weighted by Crippen LogP contribution is 2.43. The predicted molar refractivity (Wildman–Crippen MR) is 115 cm³/mol. The monoisotopic (exact) mass is 464 g/mol. The zero-order valence-electron chi connectivity index (χ0n) is 16.8. The van der Waals surface area contributed by atoms with Gasteiger partial charge in [-0.15, -0.1) is 0 Å². The Bertz CT molecular complexity index is 1160. The van der Waals surface area contributed by atoms with E-state index in [1.54, 1.807) is 6.07 Å². The second kappa shape index (κ2) is 8.42. The molecule has 0 bridgehead atoms. The molecule has 2 aromatic heterocycles. The molecule has 168 valence electrons. The summed E-state index contributed by atoms with van der Waals surface area (Å²) in [7, 11) is 0. The van der Waals surface area contributed by atoms with Crippen molar-refractivity contribution in [3.8, 4) is 0 Å². The number of pyridine rings is 1. The van der Waals surface area contributed by atoms with Crippen LogP contribution >= 0.6 is 11.6 Å². The van der Waals surface area contributed by atoms with Crippen molar-refractivity contribution in [2.24, 2.45) is 0 Å². The molecular weight excluding hydrogens is 445 g/mol.